The summed E-state index contributed by atoms with van der Waals surface area (Å²) in [6.07, 6.45) is -8.34. The number of ether oxygens (including phenoxy) is 1. The highest BCUT2D eigenvalue weighted by Crippen LogP contribution is 2.64. The Morgan fingerprint density at radius 1 is 1.50 bits per heavy atom. The average Bonchev–Trinajstić information content (AvgIpc) is 2.79. The van der Waals surface area contributed by atoms with Crippen molar-refractivity contribution in [2.24, 2.45) is 0 Å². The molecule has 2 fully saturated rings. The van der Waals surface area contributed by atoms with Crippen LogP contribution in [0.5, 0.6) is 0 Å². The first-order valence-corrected chi connectivity index (χ1v) is 10.7. The molecule has 0 amide bonds. The van der Waals surface area contributed by atoms with Crippen LogP contribution in [0, 0.1) is 0 Å². The summed E-state index contributed by atoms with van der Waals surface area (Å²) in [4.78, 5) is 15.3. The van der Waals surface area contributed by atoms with Gasteiger partial charge < -0.3 is 19.5 Å². The van der Waals surface area contributed by atoms with Crippen LogP contribution in [-0.2, 0) is 30.1 Å². The van der Waals surface area contributed by atoms with Gasteiger partial charge in [-0.1, -0.05) is 11.6 Å². The maximum atomic E-state index is 15.1. The average molecular weight is 468 g/mol. The topological polar surface area (TPSA) is 97.8 Å². The van der Waals surface area contributed by atoms with Crippen LogP contribution < -0.4 is 11.4 Å². The lowest BCUT2D eigenvalue weighted by Crippen LogP contribution is -2.57. The van der Waals surface area contributed by atoms with Crippen molar-refractivity contribution in [3.05, 3.63) is 21.7 Å². The van der Waals surface area contributed by atoms with Crippen LogP contribution in [0.4, 0.5) is 23.4 Å². The molecule has 4 atom stereocenters. The molecule has 15 heteroatoms. The maximum Gasteiger partial charge on any atom is 0.351 e. The Morgan fingerprint density at radius 3 is 2.71 bits per heavy atom. The van der Waals surface area contributed by atoms with Gasteiger partial charge in [-0.3, -0.25) is 9.09 Å². The quantitative estimate of drug-likeness (QED) is 0.533. The summed E-state index contributed by atoms with van der Waals surface area (Å²) in [6, 6.07) is 0. The van der Waals surface area contributed by atoms with E-state index in [1.54, 1.807) is 13.8 Å². The molecule has 8 nitrogen and oxygen atoms in total. The second-order valence-electron chi connectivity index (χ2n) is 6.42. The Balaban J connectivity index is 2.08. The van der Waals surface area contributed by atoms with Crippen molar-refractivity contribution in [2.45, 2.75) is 50.2 Å². The number of alkyl halides is 4. The Morgan fingerprint density at radius 2 is 2.14 bits per heavy atom. The summed E-state index contributed by atoms with van der Waals surface area (Å²) in [5, 5.41) is -0.342. The van der Waals surface area contributed by atoms with Crippen molar-refractivity contribution < 1.29 is 35.9 Å². The number of aromatic nitrogens is 2. The van der Waals surface area contributed by atoms with Crippen LogP contribution in [0.15, 0.2) is 11.0 Å². The highest BCUT2D eigenvalue weighted by Gasteiger charge is 2.75. The molecule has 1 unspecified atom stereocenters. The first kappa shape index (κ1) is 21.9. The molecular formula is C13H15ClF4N3O5PS. The van der Waals surface area contributed by atoms with E-state index in [9.17, 15) is 13.6 Å². The minimum Gasteiger partial charge on any atom is -0.382 e. The van der Waals surface area contributed by atoms with E-state index in [1.807, 2.05) is 0 Å². The van der Waals surface area contributed by atoms with Gasteiger partial charge in [0.2, 0.25) is 6.23 Å². The zero-order valence-electron chi connectivity index (χ0n) is 14.4. The van der Waals surface area contributed by atoms with Gasteiger partial charge >= 0.3 is 18.3 Å². The first-order valence-electron chi connectivity index (χ1n) is 7.82. The van der Waals surface area contributed by atoms with Crippen molar-refractivity contribution in [3.63, 3.8) is 0 Å². The number of nitrogens with zero attached hydrogens (tertiary/aromatic N) is 2. The number of hydrogen-bond acceptors (Lipinski definition) is 8. The molecule has 0 radical (unpaired) electrons. The van der Waals surface area contributed by atoms with Gasteiger partial charge in [0.15, 0.2) is 11.7 Å². The van der Waals surface area contributed by atoms with Crippen molar-refractivity contribution in [3.8, 4) is 0 Å². The number of rotatable bonds is 4. The lowest BCUT2D eigenvalue weighted by Gasteiger charge is -2.41. The first-order chi connectivity index (χ1) is 12.8. The van der Waals surface area contributed by atoms with Crippen molar-refractivity contribution >= 4 is 35.9 Å². The van der Waals surface area contributed by atoms with E-state index in [4.69, 9.17) is 47.4 Å². The summed E-state index contributed by atoms with van der Waals surface area (Å²) in [6.45, 7) is -1.69. The number of nitrogens with two attached hydrogens (primary N) is 1. The fourth-order valence-electron chi connectivity index (χ4n) is 2.82. The maximum absolute atomic E-state index is 15.1. The molecule has 0 spiro atoms. The lowest BCUT2D eigenvalue weighted by molar-refractivity contribution is -0.205. The van der Waals surface area contributed by atoms with Gasteiger partial charge in [0.05, 0.1) is 17.7 Å². The van der Waals surface area contributed by atoms with Gasteiger partial charge in [-0.25, -0.2) is 13.6 Å². The zero-order valence-corrected chi connectivity index (χ0v) is 16.8. The van der Waals surface area contributed by atoms with Crippen molar-refractivity contribution in [1.82, 2.24) is 9.55 Å². The molecule has 2 N–H and O–H groups in total. The van der Waals surface area contributed by atoms with Gasteiger partial charge in [-0.15, -0.1) is 0 Å². The van der Waals surface area contributed by atoms with Crippen LogP contribution >= 0.6 is 18.3 Å². The second kappa shape index (κ2) is 7.15. The van der Waals surface area contributed by atoms with Gasteiger partial charge in [-0.2, -0.15) is 13.8 Å². The summed E-state index contributed by atoms with van der Waals surface area (Å²) in [5.41, 5.74) is 1.20. The number of fused-ring (bicyclic) bond motifs is 1. The molecule has 2 saturated heterocycles. The summed E-state index contributed by atoms with van der Waals surface area (Å²) in [7, 11) is 0. The number of hydrogen-bond donors (Lipinski definition) is 1. The van der Waals surface area contributed by atoms with E-state index in [2.05, 4.69) is 4.98 Å². The molecule has 0 aliphatic carbocycles. The van der Waals surface area contributed by atoms with Crippen LogP contribution in [0.3, 0.4) is 0 Å². The molecule has 3 rings (SSSR count). The van der Waals surface area contributed by atoms with E-state index in [0.29, 0.717) is 0 Å². The predicted octanol–water partition coefficient (Wildman–Crippen LogP) is 2.71. The van der Waals surface area contributed by atoms with E-state index in [0.717, 1.165) is 6.20 Å². The Bertz CT molecular complexity index is 890. The number of halogens is 5. The molecule has 1 aromatic rings. The third-order valence-corrected chi connectivity index (χ3v) is 6.75. The third-order valence-electron chi connectivity index (χ3n) is 4.03. The smallest absolute Gasteiger partial charge is 0.351 e. The Labute approximate surface area is 166 Å². The molecule has 3 heterocycles. The number of anilines is 1. The molecule has 1 aromatic heterocycles. The largest absolute Gasteiger partial charge is 0.382 e. The Kier molecular flexibility index (Phi) is 5.59. The molecular weight excluding hydrogens is 453 g/mol. The highest BCUT2D eigenvalue weighted by atomic mass is 35.5. The standard InChI is InChI=1S/C13H15ClF4N3O5PS/c1-5(2)25-27(28)23-4-12(9(15)16)8(26-27)13(17,18)10(24-12)21-3-6(14)7(19)20-11(21)22/h3,5,8-10H,4H2,1-2H3,(H2,19,20,22)/t8-,10-,12-,27?/m1/s1. The zero-order chi connectivity index (χ0) is 21.1. The molecule has 158 valence electrons. The monoisotopic (exact) mass is 467 g/mol. The highest BCUT2D eigenvalue weighted by molar-refractivity contribution is 8.07. The van der Waals surface area contributed by atoms with Gasteiger partial charge in [0.1, 0.15) is 5.82 Å². The van der Waals surface area contributed by atoms with Crippen LogP contribution in [0.1, 0.15) is 20.1 Å². The molecule has 2 aliphatic rings. The second-order valence-corrected chi connectivity index (χ2v) is 9.75. The van der Waals surface area contributed by atoms with E-state index >= 15 is 8.78 Å². The fraction of sp³-hybridized carbons (Fsp3) is 0.692. The lowest BCUT2D eigenvalue weighted by atomic mass is 9.96. The van der Waals surface area contributed by atoms with Gasteiger partial charge in [0, 0.05) is 6.20 Å². The van der Waals surface area contributed by atoms with Gasteiger partial charge in [-0.05, 0) is 25.7 Å². The molecule has 28 heavy (non-hydrogen) atoms. The third kappa shape index (κ3) is 3.47. The summed E-state index contributed by atoms with van der Waals surface area (Å²) in [5.74, 6) is -4.54. The van der Waals surface area contributed by atoms with Crippen molar-refractivity contribution in [2.75, 3.05) is 12.3 Å². The molecule has 0 saturated carbocycles. The van der Waals surface area contributed by atoms with E-state index < -0.39 is 61.2 Å². The number of nitrogen functional groups attached to an aromatic ring is 1. The predicted molar refractivity (Wildman–Crippen MR) is 93.1 cm³/mol. The van der Waals surface area contributed by atoms with E-state index in [1.165, 1.54) is 0 Å². The fourth-order valence-corrected chi connectivity index (χ4v) is 5.53. The van der Waals surface area contributed by atoms with Crippen molar-refractivity contribution in [1.29, 1.82) is 0 Å². The minimum absolute atomic E-state index is 0.275. The van der Waals surface area contributed by atoms with Crippen LogP contribution in [-0.4, -0.2) is 46.3 Å². The molecule has 0 aromatic carbocycles. The minimum atomic E-state index is -4.13. The van der Waals surface area contributed by atoms with Gasteiger partial charge in [0.25, 0.3) is 6.43 Å². The summed E-state index contributed by atoms with van der Waals surface area (Å²) >= 11 is 10.7. The molecule has 0 bridgehead atoms. The SMILES string of the molecule is CC(C)OP1(=S)OC[C@@]2(C(F)F)O[C@@H](n3cc(Cl)c(N)nc3=O)C(F)(F)[C@@H]2O1. The normalized spacial score (nSPS) is 34.8. The van der Waals surface area contributed by atoms with Crippen LogP contribution in [0.2, 0.25) is 5.02 Å². The van der Waals surface area contributed by atoms with Crippen LogP contribution in [0.25, 0.3) is 0 Å². The molecule has 2 aliphatic heterocycles. The Hall–Kier alpha value is -0.820. The summed E-state index contributed by atoms with van der Waals surface area (Å²) < 4.78 is 78.6. The van der Waals surface area contributed by atoms with E-state index in [-0.39, 0.29) is 9.59 Å².